The number of carbonyl (C=O) groups excluding carboxylic acids is 1. The molecule has 4 nitrogen and oxygen atoms in total. The van der Waals surface area contributed by atoms with Crippen LogP contribution in [0.2, 0.25) is 0 Å². The Hall–Kier alpha value is -1.81. The molecule has 1 aliphatic heterocycles. The molecule has 24 heavy (non-hydrogen) atoms. The number of nitrogens with one attached hydrogen (secondary N) is 3. The summed E-state index contributed by atoms with van der Waals surface area (Å²) in [5, 5.41) is 7.78. The highest BCUT2D eigenvalue weighted by Crippen LogP contribution is 2.23. The summed E-state index contributed by atoms with van der Waals surface area (Å²) in [6.07, 6.45) is 3.09. The molecule has 0 radical (unpaired) electrons. The molecule has 1 saturated heterocycles. The molecule has 3 rings (SSSR count). The number of hydrogen-bond acceptors (Lipinski definition) is 2. The van der Waals surface area contributed by atoms with E-state index in [2.05, 4.69) is 54.6 Å². The zero-order valence-corrected chi connectivity index (χ0v) is 15.0. The van der Waals surface area contributed by atoms with Crippen molar-refractivity contribution in [2.45, 2.75) is 46.6 Å². The maximum Gasteiger partial charge on any atom is 0.220 e. The average Bonchev–Trinajstić information content (AvgIpc) is 2.88. The summed E-state index contributed by atoms with van der Waals surface area (Å²) in [5.41, 5.74) is 4.82. The molecule has 1 aliphatic rings. The second kappa shape index (κ2) is 7.39. The molecule has 0 bridgehead atoms. The van der Waals surface area contributed by atoms with Crippen molar-refractivity contribution in [2.24, 2.45) is 11.8 Å². The number of H-pyrrole nitrogens is 1. The number of amides is 1. The van der Waals surface area contributed by atoms with Crippen LogP contribution in [-0.2, 0) is 11.3 Å². The van der Waals surface area contributed by atoms with Crippen LogP contribution in [0.5, 0.6) is 0 Å². The van der Waals surface area contributed by atoms with Crippen LogP contribution in [0, 0.1) is 25.7 Å². The van der Waals surface area contributed by atoms with Crippen molar-refractivity contribution in [1.29, 1.82) is 0 Å². The van der Waals surface area contributed by atoms with E-state index in [9.17, 15) is 4.79 Å². The molecule has 1 aromatic carbocycles. The normalized spacial score (nSPS) is 19.4. The van der Waals surface area contributed by atoms with Gasteiger partial charge in [-0.2, -0.15) is 0 Å². The molecule has 1 amide bonds. The lowest BCUT2D eigenvalue weighted by Gasteiger charge is -2.28. The lowest BCUT2D eigenvalue weighted by molar-refractivity contribution is -0.122. The van der Waals surface area contributed by atoms with E-state index in [1.165, 1.54) is 35.0 Å². The highest BCUT2D eigenvalue weighted by atomic mass is 16.1. The molecule has 1 aromatic heterocycles. The third-order valence-electron chi connectivity index (χ3n) is 5.51. The Morgan fingerprint density at radius 3 is 2.96 bits per heavy atom. The van der Waals surface area contributed by atoms with Crippen LogP contribution in [-0.4, -0.2) is 24.0 Å². The van der Waals surface area contributed by atoms with Crippen LogP contribution in [0.3, 0.4) is 0 Å². The number of hydrogen-bond donors (Lipinski definition) is 3. The van der Waals surface area contributed by atoms with Crippen LogP contribution >= 0.6 is 0 Å². The van der Waals surface area contributed by atoms with Crippen molar-refractivity contribution in [3.8, 4) is 0 Å². The monoisotopic (exact) mass is 327 g/mol. The van der Waals surface area contributed by atoms with Gasteiger partial charge in [-0.1, -0.05) is 13.0 Å². The predicted octanol–water partition coefficient (Wildman–Crippen LogP) is 3.43. The lowest BCUT2D eigenvalue weighted by Crippen LogP contribution is -2.35. The Bertz CT molecular complexity index is 713. The molecule has 4 heteroatoms. The Morgan fingerprint density at radius 2 is 2.21 bits per heavy atom. The van der Waals surface area contributed by atoms with Crippen molar-refractivity contribution >= 4 is 16.8 Å². The molecule has 2 aromatic rings. The van der Waals surface area contributed by atoms with E-state index in [0.717, 1.165) is 18.7 Å². The minimum Gasteiger partial charge on any atom is -0.358 e. The second-order valence-corrected chi connectivity index (χ2v) is 7.32. The van der Waals surface area contributed by atoms with Crippen LogP contribution < -0.4 is 10.6 Å². The predicted molar refractivity (Wildman–Crippen MR) is 99.0 cm³/mol. The number of rotatable bonds is 5. The number of benzene rings is 1. The second-order valence-electron chi connectivity index (χ2n) is 7.32. The fraction of sp³-hybridized carbons (Fsp3) is 0.550. The third-order valence-corrected chi connectivity index (χ3v) is 5.51. The average molecular weight is 327 g/mol. The maximum atomic E-state index is 12.3. The van der Waals surface area contributed by atoms with Crippen LogP contribution in [0.25, 0.3) is 10.9 Å². The van der Waals surface area contributed by atoms with Gasteiger partial charge in [0.15, 0.2) is 0 Å². The maximum absolute atomic E-state index is 12.3. The van der Waals surface area contributed by atoms with Gasteiger partial charge in [0.25, 0.3) is 0 Å². The van der Waals surface area contributed by atoms with Gasteiger partial charge in [0, 0.05) is 29.6 Å². The molecular weight excluding hydrogens is 298 g/mol. The summed E-state index contributed by atoms with van der Waals surface area (Å²) in [7, 11) is 0. The van der Waals surface area contributed by atoms with Crippen molar-refractivity contribution in [3.05, 3.63) is 35.0 Å². The topological polar surface area (TPSA) is 56.9 Å². The zero-order valence-electron chi connectivity index (χ0n) is 15.0. The molecule has 0 saturated carbocycles. The van der Waals surface area contributed by atoms with Crippen molar-refractivity contribution in [3.63, 3.8) is 0 Å². The summed E-state index contributed by atoms with van der Waals surface area (Å²) in [5.74, 6) is 1.23. The van der Waals surface area contributed by atoms with E-state index in [4.69, 9.17) is 0 Å². The van der Waals surface area contributed by atoms with E-state index < -0.39 is 0 Å². The van der Waals surface area contributed by atoms with Crippen LogP contribution in [0.4, 0.5) is 0 Å². The number of piperidine rings is 1. The van der Waals surface area contributed by atoms with E-state index in [-0.39, 0.29) is 5.91 Å². The van der Waals surface area contributed by atoms with Gasteiger partial charge in [0.1, 0.15) is 0 Å². The Labute approximate surface area is 144 Å². The molecule has 0 spiro atoms. The van der Waals surface area contributed by atoms with Gasteiger partial charge in [-0.15, -0.1) is 0 Å². The fourth-order valence-electron chi connectivity index (χ4n) is 3.71. The highest BCUT2D eigenvalue weighted by molar-refractivity contribution is 5.85. The summed E-state index contributed by atoms with van der Waals surface area (Å²) in [4.78, 5) is 15.7. The largest absolute Gasteiger partial charge is 0.358 e. The first-order valence-electron chi connectivity index (χ1n) is 9.10. The van der Waals surface area contributed by atoms with Gasteiger partial charge >= 0.3 is 0 Å². The van der Waals surface area contributed by atoms with Gasteiger partial charge < -0.3 is 15.6 Å². The molecule has 0 aliphatic carbocycles. The lowest BCUT2D eigenvalue weighted by atomic mass is 9.85. The van der Waals surface area contributed by atoms with Crippen LogP contribution in [0.15, 0.2) is 18.2 Å². The Morgan fingerprint density at radius 1 is 1.38 bits per heavy atom. The van der Waals surface area contributed by atoms with Crippen molar-refractivity contribution < 1.29 is 4.79 Å². The van der Waals surface area contributed by atoms with E-state index in [1.807, 2.05) is 0 Å². The van der Waals surface area contributed by atoms with Gasteiger partial charge in [0.05, 0.1) is 0 Å². The fourth-order valence-corrected chi connectivity index (χ4v) is 3.71. The van der Waals surface area contributed by atoms with E-state index in [0.29, 0.717) is 24.8 Å². The number of aryl methyl sites for hydroxylation is 2. The van der Waals surface area contributed by atoms with Crippen molar-refractivity contribution in [1.82, 2.24) is 15.6 Å². The smallest absolute Gasteiger partial charge is 0.220 e. The number of aromatic nitrogens is 1. The molecule has 2 heterocycles. The molecule has 2 unspecified atom stereocenters. The van der Waals surface area contributed by atoms with Gasteiger partial charge in [0.2, 0.25) is 5.91 Å². The zero-order chi connectivity index (χ0) is 17.1. The molecule has 1 fully saturated rings. The molecule has 3 N–H and O–H groups in total. The number of carbonyl (C=O) groups is 1. The molecular formula is C20H29N3O. The van der Waals surface area contributed by atoms with Gasteiger partial charge in [-0.05, 0) is 74.9 Å². The quantitative estimate of drug-likeness (QED) is 0.788. The Kier molecular flexibility index (Phi) is 5.24. The highest BCUT2D eigenvalue weighted by Gasteiger charge is 2.21. The minimum absolute atomic E-state index is 0.162. The van der Waals surface area contributed by atoms with Crippen molar-refractivity contribution in [2.75, 3.05) is 13.1 Å². The summed E-state index contributed by atoms with van der Waals surface area (Å²) < 4.78 is 0. The molecule has 130 valence electrons. The summed E-state index contributed by atoms with van der Waals surface area (Å²) in [6, 6.07) is 6.38. The first-order chi connectivity index (χ1) is 11.5. The first-order valence-corrected chi connectivity index (χ1v) is 9.10. The SMILES string of the molecule is Cc1[nH]c2ccc(CNC(=O)CC(C)C3CCCNC3)cc2c1C. The number of aromatic amines is 1. The summed E-state index contributed by atoms with van der Waals surface area (Å²) in [6.45, 7) is 9.21. The minimum atomic E-state index is 0.162. The van der Waals surface area contributed by atoms with Gasteiger partial charge in [-0.25, -0.2) is 0 Å². The van der Waals surface area contributed by atoms with E-state index >= 15 is 0 Å². The molecule has 2 atom stereocenters. The first kappa shape index (κ1) is 17.0. The van der Waals surface area contributed by atoms with Gasteiger partial charge in [-0.3, -0.25) is 4.79 Å². The standard InChI is InChI=1S/C20H29N3O/c1-13(17-5-4-8-21-12-17)9-20(24)22-11-16-6-7-19-18(10-16)14(2)15(3)23-19/h6-7,10,13,17,21,23H,4-5,8-9,11-12H2,1-3H3,(H,22,24). The third kappa shape index (κ3) is 3.81. The number of fused-ring (bicyclic) bond motifs is 1. The summed E-state index contributed by atoms with van der Waals surface area (Å²) >= 11 is 0. The van der Waals surface area contributed by atoms with Crippen LogP contribution in [0.1, 0.15) is 43.0 Å². The Balaban J connectivity index is 1.55. The van der Waals surface area contributed by atoms with E-state index in [1.54, 1.807) is 0 Å².